The summed E-state index contributed by atoms with van der Waals surface area (Å²) in [5.41, 5.74) is 2.45. The first kappa shape index (κ1) is 14.0. The number of aliphatic hydroxyl groups is 1. The van der Waals surface area contributed by atoms with Gasteiger partial charge in [-0.05, 0) is 6.42 Å². The second kappa shape index (κ2) is 5.54. The van der Waals surface area contributed by atoms with Crippen molar-refractivity contribution in [2.24, 2.45) is 13.0 Å². The largest absolute Gasteiger partial charge is 0.391 e. The summed E-state index contributed by atoms with van der Waals surface area (Å²) in [6.07, 6.45) is 8.82. The fourth-order valence-corrected chi connectivity index (χ4v) is 2.98. The smallest absolute Gasteiger partial charge is 0.227 e. The van der Waals surface area contributed by atoms with E-state index in [2.05, 4.69) is 24.9 Å². The van der Waals surface area contributed by atoms with E-state index in [1.165, 1.54) is 0 Å². The molecule has 1 saturated heterocycles. The highest BCUT2D eigenvalue weighted by Crippen LogP contribution is 2.24. The number of nitrogens with zero attached hydrogens (tertiary/aromatic N) is 7. The SMILES string of the molecule is Cn1cnc2nc(N3C[C@@H](Cc4cnccn4)[C@H](O)C3)ncc21. The average molecular weight is 311 g/mol. The van der Waals surface area contributed by atoms with Crippen molar-refractivity contribution < 1.29 is 5.11 Å². The zero-order valence-electron chi connectivity index (χ0n) is 12.7. The summed E-state index contributed by atoms with van der Waals surface area (Å²) in [4.78, 5) is 23.5. The molecule has 0 saturated carbocycles. The van der Waals surface area contributed by atoms with E-state index < -0.39 is 6.10 Å². The van der Waals surface area contributed by atoms with E-state index >= 15 is 0 Å². The summed E-state index contributed by atoms with van der Waals surface area (Å²) in [5, 5.41) is 10.3. The van der Waals surface area contributed by atoms with Crippen molar-refractivity contribution in [2.75, 3.05) is 18.0 Å². The van der Waals surface area contributed by atoms with Crippen LogP contribution in [-0.2, 0) is 13.5 Å². The van der Waals surface area contributed by atoms with Crippen molar-refractivity contribution in [1.82, 2.24) is 29.5 Å². The van der Waals surface area contributed by atoms with Gasteiger partial charge in [-0.15, -0.1) is 0 Å². The highest BCUT2D eigenvalue weighted by molar-refractivity contribution is 5.71. The lowest BCUT2D eigenvalue weighted by atomic mass is 10.0. The van der Waals surface area contributed by atoms with Crippen LogP contribution in [0.25, 0.3) is 11.2 Å². The monoisotopic (exact) mass is 311 g/mol. The van der Waals surface area contributed by atoms with Gasteiger partial charge >= 0.3 is 0 Å². The third kappa shape index (κ3) is 2.61. The summed E-state index contributed by atoms with van der Waals surface area (Å²) in [5.74, 6) is 0.701. The van der Waals surface area contributed by atoms with E-state index in [0.717, 1.165) is 11.2 Å². The Morgan fingerprint density at radius 2 is 2.09 bits per heavy atom. The number of aromatic nitrogens is 6. The van der Waals surface area contributed by atoms with Gasteiger partial charge < -0.3 is 14.6 Å². The van der Waals surface area contributed by atoms with Crippen LogP contribution in [0.5, 0.6) is 0 Å². The fraction of sp³-hybridized carbons (Fsp3) is 0.400. The molecule has 1 aliphatic heterocycles. The number of imidazole rings is 1. The lowest BCUT2D eigenvalue weighted by Crippen LogP contribution is -2.23. The number of hydrogen-bond donors (Lipinski definition) is 1. The predicted molar refractivity (Wildman–Crippen MR) is 83.7 cm³/mol. The Hall–Kier alpha value is -2.61. The van der Waals surface area contributed by atoms with Crippen LogP contribution in [0.2, 0.25) is 0 Å². The van der Waals surface area contributed by atoms with Crippen LogP contribution >= 0.6 is 0 Å². The molecular weight excluding hydrogens is 294 g/mol. The maximum absolute atomic E-state index is 10.3. The summed E-state index contributed by atoms with van der Waals surface area (Å²) in [7, 11) is 1.91. The molecule has 3 aromatic rings. The summed E-state index contributed by atoms with van der Waals surface area (Å²) < 4.78 is 1.88. The zero-order chi connectivity index (χ0) is 15.8. The van der Waals surface area contributed by atoms with Gasteiger partial charge in [0.2, 0.25) is 5.95 Å². The van der Waals surface area contributed by atoms with Gasteiger partial charge in [0.25, 0.3) is 0 Å². The first-order valence-electron chi connectivity index (χ1n) is 7.52. The minimum atomic E-state index is -0.431. The van der Waals surface area contributed by atoms with E-state index in [1.807, 2.05) is 16.5 Å². The van der Waals surface area contributed by atoms with Crippen molar-refractivity contribution in [3.05, 3.63) is 36.8 Å². The van der Waals surface area contributed by atoms with Gasteiger partial charge in [0.05, 0.1) is 24.3 Å². The molecule has 0 aromatic carbocycles. The highest BCUT2D eigenvalue weighted by Gasteiger charge is 2.33. The second-order valence-corrected chi connectivity index (χ2v) is 5.87. The average Bonchev–Trinajstić information content (AvgIpc) is 3.12. The maximum Gasteiger partial charge on any atom is 0.227 e. The van der Waals surface area contributed by atoms with E-state index in [4.69, 9.17) is 0 Å². The van der Waals surface area contributed by atoms with Crippen molar-refractivity contribution >= 4 is 17.1 Å². The van der Waals surface area contributed by atoms with E-state index in [9.17, 15) is 5.11 Å². The van der Waals surface area contributed by atoms with Crippen molar-refractivity contribution in [3.63, 3.8) is 0 Å². The summed E-state index contributed by atoms with van der Waals surface area (Å²) in [6.45, 7) is 1.21. The second-order valence-electron chi connectivity index (χ2n) is 5.87. The van der Waals surface area contributed by atoms with E-state index in [0.29, 0.717) is 31.1 Å². The van der Waals surface area contributed by atoms with Gasteiger partial charge in [0.15, 0.2) is 5.65 Å². The number of fused-ring (bicyclic) bond motifs is 1. The highest BCUT2D eigenvalue weighted by atomic mass is 16.3. The van der Waals surface area contributed by atoms with E-state index in [-0.39, 0.29) is 5.92 Å². The molecule has 3 aromatic heterocycles. The molecule has 0 aliphatic carbocycles. The number of aryl methyl sites for hydroxylation is 1. The molecule has 8 nitrogen and oxygen atoms in total. The van der Waals surface area contributed by atoms with Gasteiger partial charge in [-0.25, -0.2) is 9.97 Å². The summed E-state index contributed by atoms with van der Waals surface area (Å²) in [6, 6.07) is 0. The third-order valence-corrected chi connectivity index (χ3v) is 4.25. The first-order chi connectivity index (χ1) is 11.2. The molecule has 23 heavy (non-hydrogen) atoms. The lowest BCUT2D eigenvalue weighted by molar-refractivity contribution is 0.147. The number of rotatable bonds is 3. The van der Waals surface area contributed by atoms with Crippen LogP contribution in [0.15, 0.2) is 31.1 Å². The Morgan fingerprint density at radius 3 is 2.91 bits per heavy atom. The van der Waals surface area contributed by atoms with Crippen LogP contribution in [0.1, 0.15) is 5.69 Å². The predicted octanol–water partition coefficient (Wildman–Crippen LogP) is 0.193. The lowest BCUT2D eigenvalue weighted by Gasteiger charge is -2.15. The Labute approximate surface area is 132 Å². The van der Waals surface area contributed by atoms with Crippen LogP contribution < -0.4 is 4.90 Å². The van der Waals surface area contributed by atoms with Crippen molar-refractivity contribution in [2.45, 2.75) is 12.5 Å². The first-order valence-corrected chi connectivity index (χ1v) is 7.52. The summed E-state index contributed by atoms with van der Waals surface area (Å²) >= 11 is 0. The quantitative estimate of drug-likeness (QED) is 0.738. The van der Waals surface area contributed by atoms with Crippen LogP contribution in [0.4, 0.5) is 5.95 Å². The topological polar surface area (TPSA) is 92.9 Å². The Bertz CT molecular complexity index is 819. The molecule has 8 heteroatoms. The zero-order valence-corrected chi connectivity index (χ0v) is 12.7. The Balaban J connectivity index is 1.53. The van der Waals surface area contributed by atoms with Crippen LogP contribution in [0, 0.1) is 5.92 Å². The standard InChI is InChI=1S/C15H17N7O/c1-21-9-19-14-12(21)6-18-15(20-14)22-7-10(13(23)8-22)4-11-5-16-2-3-17-11/h2-3,5-6,9-10,13,23H,4,7-8H2,1H3/t10-,13-/m1/s1. The van der Waals surface area contributed by atoms with Crippen LogP contribution in [0.3, 0.4) is 0 Å². The van der Waals surface area contributed by atoms with Gasteiger partial charge in [-0.2, -0.15) is 4.98 Å². The third-order valence-electron chi connectivity index (χ3n) is 4.25. The molecule has 0 spiro atoms. The van der Waals surface area contributed by atoms with Crippen molar-refractivity contribution in [1.29, 1.82) is 0 Å². The van der Waals surface area contributed by atoms with Gasteiger partial charge in [-0.3, -0.25) is 9.97 Å². The van der Waals surface area contributed by atoms with Crippen molar-refractivity contribution in [3.8, 4) is 0 Å². The Kier molecular flexibility index (Phi) is 3.38. The molecule has 118 valence electrons. The number of anilines is 1. The molecule has 1 fully saturated rings. The molecule has 2 atom stereocenters. The van der Waals surface area contributed by atoms with Gasteiger partial charge in [-0.1, -0.05) is 0 Å². The molecule has 0 amide bonds. The molecular formula is C15H17N7O. The molecule has 4 heterocycles. The van der Waals surface area contributed by atoms with E-state index in [1.54, 1.807) is 31.1 Å². The fourth-order valence-electron chi connectivity index (χ4n) is 2.98. The molecule has 1 N–H and O–H groups in total. The molecule has 0 bridgehead atoms. The van der Waals surface area contributed by atoms with Gasteiger partial charge in [0, 0.05) is 44.6 Å². The number of β-amino-alcohol motifs (C(OH)–C–C–N with tert-alkyl or cyclic N) is 1. The maximum atomic E-state index is 10.3. The number of hydrogen-bond acceptors (Lipinski definition) is 7. The van der Waals surface area contributed by atoms with Crippen LogP contribution in [-0.4, -0.2) is 53.8 Å². The molecule has 4 rings (SSSR count). The van der Waals surface area contributed by atoms with Gasteiger partial charge in [0.1, 0.15) is 5.52 Å². The Morgan fingerprint density at radius 1 is 1.17 bits per heavy atom. The molecule has 0 radical (unpaired) electrons. The number of aliphatic hydroxyl groups excluding tert-OH is 1. The minimum Gasteiger partial charge on any atom is -0.391 e. The molecule has 1 aliphatic rings. The molecule has 0 unspecified atom stereocenters. The normalized spacial score (nSPS) is 21.2. The minimum absolute atomic E-state index is 0.0923.